The predicted molar refractivity (Wildman–Crippen MR) is 92.0 cm³/mol. The van der Waals surface area contributed by atoms with Gasteiger partial charge in [-0.3, -0.25) is 4.79 Å². The van der Waals surface area contributed by atoms with E-state index in [1.165, 1.54) is 14.5 Å². The summed E-state index contributed by atoms with van der Waals surface area (Å²) in [5, 5.41) is 12.9. The quantitative estimate of drug-likeness (QED) is 0.758. The maximum atomic E-state index is 12.6. The average Bonchev–Trinajstić information content (AvgIpc) is 3.35. The number of hydrogen-bond acceptors (Lipinski definition) is 3. The Morgan fingerprint density at radius 3 is 2.55 bits per heavy atom. The number of aliphatic hydroxyl groups excluding tert-OH is 2. The second-order valence-electron chi connectivity index (χ2n) is 6.37. The van der Waals surface area contributed by atoms with Crippen LogP contribution in [0.5, 0.6) is 0 Å². The molecule has 5 heteroatoms. The molecule has 0 spiro atoms. The number of piperidine rings is 1. The van der Waals surface area contributed by atoms with E-state index in [1.54, 1.807) is 0 Å². The maximum Gasteiger partial charge on any atom is 0.226 e. The fourth-order valence-electron chi connectivity index (χ4n) is 3.66. The van der Waals surface area contributed by atoms with Crippen molar-refractivity contribution in [1.82, 2.24) is 4.90 Å². The summed E-state index contributed by atoms with van der Waals surface area (Å²) in [7, 11) is 2.54. The van der Waals surface area contributed by atoms with Gasteiger partial charge in [-0.2, -0.15) is 0 Å². The molecule has 0 aromatic rings. The van der Waals surface area contributed by atoms with Crippen molar-refractivity contribution in [3.05, 3.63) is 12.2 Å². The fraction of sp³-hybridized carbons (Fsp3) is 0.824. The third-order valence-electron chi connectivity index (χ3n) is 5.07. The minimum absolute atomic E-state index is 0.0788. The number of fused-ring (bicyclic) bond motifs is 2. The standard InChI is InChI=1S/C15H23NO2.CH4O.CH4.ClH/c1-15(10-17)4-6-16(7-5-15)14(18)13-9-11-2-3-12(13)8-11;1-2;;/h2-3,11-13,17H,4-10H2,1H3;2H,1H3;1H4;1H/i1T;2T;1T;/hT. The van der Waals surface area contributed by atoms with Crippen molar-refractivity contribution in [3.8, 4) is 0 Å². The van der Waals surface area contributed by atoms with Gasteiger partial charge in [-0.15, -0.1) is 12.3 Å². The molecule has 1 saturated carbocycles. The Hall–Kier alpha value is -0.580. The van der Waals surface area contributed by atoms with Gasteiger partial charge in [-0.1, -0.05) is 26.5 Å². The number of hydrogen-bond donors (Lipinski definition) is 2. The van der Waals surface area contributed by atoms with Crippen molar-refractivity contribution in [2.75, 3.05) is 26.8 Å². The van der Waals surface area contributed by atoms with Gasteiger partial charge in [0.2, 0.25) is 7.34 Å². The SMILES string of the molecule is [3H]C.[3H]CC1(CO)CCN(C(=O)C2CC3C=CC2C3)CC1.[3H]Cl.[3H]OC. The summed E-state index contributed by atoms with van der Waals surface area (Å²) in [6, 6.07) is 0. The van der Waals surface area contributed by atoms with Crippen LogP contribution in [0.3, 0.4) is 0 Å². The minimum atomic E-state index is -0.259. The lowest BCUT2D eigenvalue weighted by atomic mass is 9.80. The van der Waals surface area contributed by atoms with E-state index >= 15 is 0 Å². The van der Waals surface area contributed by atoms with Crippen LogP contribution in [0.25, 0.3) is 0 Å². The largest absolute Gasteiger partial charge is 0.400 e. The lowest BCUT2D eigenvalue weighted by Crippen LogP contribution is -2.46. The van der Waals surface area contributed by atoms with Crippen LogP contribution in [0.4, 0.5) is 0 Å². The number of rotatable bonds is 2. The highest BCUT2D eigenvalue weighted by Gasteiger charge is 2.42. The molecule has 2 fully saturated rings. The number of nitrogens with zero attached hydrogens (tertiary/aromatic N) is 1. The predicted octanol–water partition coefficient (Wildman–Crippen LogP) is 2.49. The molecule has 4 nitrogen and oxygen atoms in total. The molecule has 3 atom stereocenters. The zero-order valence-electron chi connectivity index (χ0n) is 17.6. The summed E-state index contributed by atoms with van der Waals surface area (Å²) in [5.74, 6) is 1.62. The molecular formula is C17H32ClNO3. The van der Waals surface area contributed by atoms with Crippen LogP contribution in [0, 0.1) is 23.2 Å². The van der Waals surface area contributed by atoms with Crippen LogP contribution in [0.15, 0.2) is 12.2 Å². The molecular weight excluding hydrogens is 302 g/mol. The Morgan fingerprint density at radius 1 is 1.50 bits per heavy atom. The van der Waals surface area contributed by atoms with Crippen LogP contribution < -0.4 is 0 Å². The molecule has 2 aliphatic carbocycles. The Morgan fingerprint density at radius 2 is 2.14 bits per heavy atom. The zero-order chi connectivity index (χ0) is 20.2. The van der Waals surface area contributed by atoms with E-state index in [2.05, 4.69) is 29.6 Å². The summed E-state index contributed by atoms with van der Waals surface area (Å²) >= 11 is 3.89. The van der Waals surface area contributed by atoms with Gasteiger partial charge in [-0.05, 0) is 42.9 Å². The van der Waals surface area contributed by atoms with E-state index in [4.69, 9.17) is 5.35 Å². The molecule has 3 rings (SSSR count). The molecule has 1 amide bonds. The van der Waals surface area contributed by atoms with Crippen molar-refractivity contribution in [3.63, 3.8) is 0 Å². The van der Waals surface area contributed by atoms with Gasteiger partial charge >= 0.3 is 0 Å². The van der Waals surface area contributed by atoms with Crippen molar-refractivity contribution < 1.29 is 17.8 Å². The van der Waals surface area contributed by atoms with E-state index < -0.39 is 0 Å². The van der Waals surface area contributed by atoms with Gasteiger partial charge < -0.3 is 15.1 Å². The maximum absolute atomic E-state index is 12.6. The molecule has 22 heavy (non-hydrogen) atoms. The molecule has 1 heterocycles. The number of allylic oxidation sites excluding steroid dienone is 2. The first-order valence-electron chi connectivity index (χ1n) is 9.95. The third kappa shape index (κ3) is 4.24. The first-order chi connectivity index (χ1) is 12.6. The Balaban J connectivity index is 0.000000793. The highest BCUT2D eigenvalue weighted by atomic mass is 35.5. The van der Waals surface area contributed by atoms with Crippen LogP contribution in [0.1, 0.15) is 42.7 Å². The van der Waals surface area contributed by atoms with Crippen LogP contribution in [0.2, 0.25) is 0 Å². The molecule has 2 bridgehead atoms. The lowest BCUT2D eigenvalue weighted by molar-refractivity contribution is -0.139. The molecule has 130 valence electrons. The first-order valence-corrected chi connectivity index (χ1v) is 7.45. The molecule has 3 aliphatic rings. The summed E-state index contributed by atoms with van der Waals surface area (Å²) in [4.78, 5) is 14.5. The molecule has 2 N–H and O–H groups in total. The van der Waals surface area contributed by atoms with E-state index in [-0.39, 0.29) is 24.8 Å². The van der Waals surface area contributed by atoms with Crippen molar-refractivity contribution >= 4 is 18.2 Å². The van der Waals surface area contributed by atoms with Gasteiger partial charge in [0.05, 0.1) is 0 Å². The monoisotopic (exact) mass is 341 g/mol. The van der Waals surface area contributed by atoms with Crippen LogP contribution in [-0.4, -0.2) is 50.4 Å². The van der Waals surface area contributed by atoms with Crippen molar-refractivity contribution in [2.45, 2.75) is 40.0 Å². The van der Waals surface area contributed by atoms with Gasteiger partial charge in [0, 0.05) is 35.5 Å². The Labute approximate surface area is 146 Å². The van der Waals surface area contributed by atoms with E-state index in [0.717, 1.165) is 38.8 Å². The molecule has 3 unspecified atom stereocenters. The summed E-state index contributed by atoms with van der Waals surface area (Å²) < 4.78 is 24.3. The molecule has 0 aromatic carbocycles. The van der Waals surface area contributed by atoms with Gasteiger partial charge in [0.1, 0.15) is 1.17 Å². The second-order valence-corrected chi connectivity index (χ2v) is 6.37. The van der Waals surface area contributed by atoms with Crippen molar-refractivity contribution in [1.29, 1.82) is 2.60 Å². The average molecular weight is 342 g/mol. The molecule has 1 aliphatic heterocycles. The highest BCUT2D eigenvalue weighted by molar-refractivity contribution is 5.85. The van der Waals surface area contributed by atoms with Crippen LogP contribution >= 0.6 is 12.3 Å². The van der Waals surface area contributed by atoms with Gasteiger partial charge in [0.25, 0.3) is 0 Å². The molecule has 1 saturated heterocycles. The molecule has 0 radical (unpaired) electrons. The summed E-state index contributed by atoms with van der Waals surface area (Å²) in [6.07, 6.45) is 8.23. The third-order valence-corrected chi connectivity index (χ3v) is 5.07. The first kappa shape index (κ1) is 15.0. The zero-order valence-corrected chi connectivity index (χ0v) is 14.4. The Bertz CT molecular complexity index is 415. The van der Waals surface area contributed by atoms with E-state index in [0.29, 0.717) is 17.7 Å². The second kappa shape index (κ2) is 8.90. The fourth-order valence-corrected chi connectivity index (χ4v) is 3.66. The molecule has 0 aromatic heterocycles. The minimum Gasteiger partial charge on any atom is -0.400 e. The smallest absolute Gasteiger partial charge is 0.226 e. The number of carbonyl (C=O) groups excluding carboxylic acids is 1. The van der Waals surface area contributed by atoms with Gasteiger partial charge in [-0.25, -0.2) is 0 Å². The number of aliphatic hydroxyl groups is 2. The van der Waals surface area contributed by atoms with Crippen molar-refractivity contribution in [2.24, 2.45) is 23.2 Å². The van der Waals surface area contributed by atoms with E-state index in [9.17, 15) is 9.90 Å². The van der Waals surface area contributed by atoms with E-state index in [1.807, 2.05) is 4.90 Å². The number of carbonyl (C=O) groups is 1. The summed E-state index contributed by atoms with van der Waals surface area (Å²) in [5.41, 5.74) is -0.259. The lowest BCUT2D eigenvalue weighted by Gasteiger charge is -2.39. The van der Waals surface area contributed by atoms with Gasteiger partial charge in [0.15, 0.2) is 0 Å². The number of halogens is 1. The normalized spacial score (nSPS) is 32.5. The number of likely N-dealkylation sites (tertiary alicyclic amines) is 1. The highest BCUT2D eigenvalue weighted by Crippen LogP contribution is 2.44. The summed E-state index contributed by atoms with van der Waals surface area (Å²) in [6.45, 7) is 1.78. The Kier molecular flexibility index (Phi) is 6.06. The number of amides is 1. The topological polar surface area (TPSA) is 60.8 Å². The van der Waals surface area contributed by atoms with Crippen LogP contribution in [-0.2, 0) is 4.79 Å².